The second-order valence-corrected chi connectivity index (χ2v) is 8.93. The van der Waals surface area contributed by atoms with Crippen LogP contribution in [0.15, 0.2) is 10.6 Å². The van der Waals surface area contributed by atoms with Crippen LogP contribution in [-0.4, -0.2) is 60.8 Å². The number of nitrogens with zero attached hydrogens (tertiary/aromatic N) is 3. The quantitative estimate of drug-likeness (QED) is 0.853. The molecule has 0 spiro atoms. The maximum Gasteiger partial charge on any atom is 0.281 e. The summed E-state index contributed by atoms with van der Waals surface area (Å²) in [6.45, 7) is 2.25. The molecule has 2 heterocycles. The summed E-state index contributed by atoms with van der Waals surface area (Å²) < 4.78 is 32.4. The Bertz CT molecular complexity index is 717. The predicted octanol–water partition coefficient (Wildman–Crippen LogP) is 1.19. The molecule has 8 nitrogen and oxygen atoms in total. The maximum atomic E-state index is 12.3. The molecule has 2 atom stereocenters. The number of hydrogen-bond donors (Lipinski definition) is 1. The van der Waals surface area contributed by atoms with Crippen molar-refractivity contribution in [2.24, 2.45) is 0 Å². The summed E-state index contributed by atoms with van der Waals surface area (Å²) in [5, 5.41) is 6.78. The lowest BCUT2D eigenvalue weighted by atomic mass is 10.0. The maximum absolute atomic E-state index is 12.3. The van der Waals surface area contributed by atoms with E-state index in [9.17, 15) is 13.2 Å². The fourth-order valence-electron chi connectivity index (χ4n) is 3.05. The zero-order chi connectivity index (χ0) is 17.5. The second kappa shape index (κ2) is 6.45. The van der Waals surface area contributed by atoms with Crippen molar-refractivity contribution >= 4 is 16.1 Å². The Kier molecular flexibility index (Phi) is 4.67. The molecule has 1 aliphatic heterocycles. The Labute approximate surface area is 143 Å². The van der Waals surface area contributed by atoms with E-state index in [0.29, 0.717) is 31.0 Å². The standard InChI is InChI=1S/C15H24N4O4S.H2/c1-10-8-12(6-7-19(10)24(21,22)18(2)3)16-15(20)13-9-14(23-17-13)11-4-5-11;/h9-12H,4-8H2,1-3H3,(H,16,20);1H/t10-,12+;/m0./s1. The molecule has 136 valence electrons. The lowest BCUT2D eigenvalue weighted by molar-refractivity contribution is 0.0904. The molecule has 1 N–H and O–H groups in total. The van der Waals surface area contributed by atoms with Crippen LogP contribution in [0.2, 0.25) is 0 Å². The number of rotatable bonds is 5. The number of carbonyl (C=O) groups excluding carboxylic acids is 1. The third-order valence-corrected chi connectivity index (χ3v) is 6.71. The van der Waals surface area contributed by atoms with Crippen LogP contribution in [0.25, 0.3) is 0 Å². The van der Waals surface area contributed by atoms with E-state index in [2.05, 4.69) is 10.5 Å². The molecule has 1 aliphatic carbocycles. The molecule has 1 saturated carbocycles. The summed E-state index contributed by atoms with van der Waals surface area (Å²) in [5.41, 5.74) is 0.299. The van der Waals surface area contributed by atoms with Gasteiger partial charge in [-0.2, -0.15) is 17.0 Å². The van der Waals surface area contributed by atoms with Crippen LogP contribution in [0, 0.1) is 0 Å². The van der Waals surface area contributed by atoms with Crippen molar-refractivity contribution in [3.05, 3.63) is 17.5 Å². The normalized spacial score (nSPS) is 25.8. The molecule has 0 unspecified atom stereocenters. The van der Waals surface area contributed by atoms with Gasteiger partial charge >= 0.3 is 0 Å². The average molecular weight is 358 g/mol. The van der Waals surface area contributed by atoms with Gasteiger partial charge in [0.1, 0.15) is 5.76 Å². The molecule has 1 amide bonds. The van der Waals surface area contributed by atoms with Crippen LogP contribution >= 0.6 is 0 Å². The van der Waals surface area contributed by atoms with Gasteiger partial charge in [-0.3, -0.25) is 4.79 Å². The van der Waals surface area contributed by atoms with Crippen molar-refractivity contribution < 1.29 is 19.2 Å². The molecule has 1 aromatic heterocycles. The van der Waals surface area contributed by atoms with Crippen molar-refractivity contribution in [1.82, 2.24) is 19.1 Å². The molecule has 9 heteroatoms. The zero-order valence-corrected chi connectivity index (χ0v) is 15.0. The van der Waals surface area contributed by atoms with Crippen molar-refractivity contribution in [1.29, 1.82) is 0 Å². The Balaban J connectivity index is 0.00000225. The highest BCUT2D eigenvalue weighted by atomic mass is 32.2. The average Bonchev–Trinajstić information content (AvgIpc) is 3.24. The van der Waals surface area contributed by atoms with E-state index in [0.717, 1.165) is 18.6 Å². The molecule has 0 aromatic carbocycles. The molecular weight excluding hydrogens is 332 g/mol. The lowest BCUT2D eigenvalue weighted by Gasteiger charge is -2.37. The second-order valence-electron chi connectivity index (χ2n) is 6.83. The molecule has 2 fully saturated rings. The van der Waals surface area contributed by atoms with Gasteiger partial charge in [0.05, 0.1) is 0 Å². The largest absolute Gasteiger partial charge is 0.360 e. The highest BCUT2D eigenvalue weighted by Crippen LogP contribution is 2.40. The van der Waals surface area contributed by atoms with Crippen molar-refractivity contribution in [3.63, 3.8) is 0 Å². The third kappa shape index (κ3) is 3.47. The summed E-state index contributed by atoms with van der Waals surface area (Å²) in [6.07, 6.45) is 3.34. The van der Waals surface area contributed by atoms with Gasteiger partial charge in [0, 0.05) is 46.1 Å². The van der Waals surface area contributed by atoms with Gasteiger partial charge in [0.2, 0.25) is 0 Å². The van der Waals surface area contributed by atoms with E-state index in [1.54, 1.807) is 6.07 Å². The minimum Gasteiger partial charge on any atom is -0.360 e. The topological polar surface area (TPSA) is 95.7 Å². The number of piperidine rings is 1. The van der Waals surface area contributed by atoms with Gasteiger partial charge in [0.25, 0.3) is 16.1 Å². The van der Waals surface area contributed by atoms with Crippen LogP contribution in [-0.2, 0) is 10.2 Å². The number of aromatic nitrogens is 1. The molecule has 3 rings (SSSR count). The highest BCUT2D eigenvalue weighted by molar-refractivity contribution is 7.86. The molecule has 24 heavy (non-hydrogen) atoms. The first-order valence-electron chi connectivity index (χ1n) is 8.26. The molecule has 2 aliphatic rings. The Morgan fingerprint density at radius 1 is 1.42 bits per heavy atom. The van der Waals surface area contributed by atoms with E-state index in [1.807, 2.05) is 6.92 Å². The Hall–Kier alpha value is -1.45. The minimum atomic E-state index is -3.43. The monoisotopic (exact) mass is 358 g/mol. The first-order valence-corrected chi connectivity index (χ1v) is 9.65. The van der Waals surface area contributed by atoms with Crippen molar-refractivity contribution in [3.8, 4) is 0 Å². The van der Waals surface area contributed by atoms with E-state index in [-0.39, 0.29) is 19.4 Å². The third-order valence-electron chi connectivity index (χ3n) is 4.65. The molecule has 0 radical (unpaired) electrons. The van der Waals surface area contributed by atoms with Crippen LogP contribution in [0.4, 0.5) is 0 Å². The summed E-state index contributed by atoms with van der Waals surface area (Å²) in [7, 11) is -0.374. The van der Waals surface area contributed by atoms with Gasteiger partial charge in [-0.05, 0) is 32.6 Å². The predicted molar refractivity (Wildman–Crippen MR) is 89.9 cm³/mol. The molecule has 1 saturated heterocycles. The van der Waals surface area contributed by atoms with Gasteiger partial charge in [-0.15, -0.1) is 0 Å². The Morgan fingerprint density at radius 2 is 2.12 bits per heavy atom. The Morgan fingerprint density at radius 3 is 2.71 bits per heavy atom. The zero-order valence-electron chi connectivity index (χ0n) is 14.2. The number of hydrogen-bond acceptors (Lipinski definition) is 5. The van der Waals surface area contributed by atoms with Crippen LogP contribution in [0.1, 0.15) is 56.2 Å². The van der Waals surface area contributed by atoms with Gasteiger partial charge < -0.3 is 9.84 Å². The van der Waals surface area contributed by atoms with Crippen molar-refractivity contribution in [2.75, 3.05) is 20.6 Å². The minimum absolute atomic E-state index is 0. The molecule has 1 aromatic rings. The van der Waals surface area contributed by atoms with Gasteiger partial charge in [0.15, 0.2) is 5.69 Å². The first kappa shape index (κ1) is 17.4. The van der Waals surface area contributed by atoms with Crippen LogP contribution < -0.4 is 5.32 Å². The fraction of sp³-hybridized carbons (Fsp3) is 0.733. The molecule has 0 bridgehead atoms. The first-order chi connectivity index (χ1) is 11.3. The van der Waals surface area contributed by atoms with E-state index < -0.39 is 10.2 Å². The number of nitrogens with one attached hydrogen (secondary N) is 1. The van der Waals surface area contributed by atoms with E-state index in [1.165, 1.54) is 22.7 Å². The number of amides is 1. The molecular formula is C15H26N4O4S. The highest BCUT2D eigenvalue weighted by Gasteiger charge is 2.35. The fourth-order valence-corrected chi connectivity index (χ4v) is 4.35. The summed E-state index contributed by atoms with van der Waals surface area (Å²) in [6, 6.07) is 1.47. The smallest absolute Gasteiger partial charge is 0.281 e. The lowest BCUT2D eigenvalue weighted by Crippen LogP contribution is -2.53. The van der Waals surface area contributed by atoms with Crippen LogP contribution in [0.3, 0.4) is 0 Å². The SMILES string of the molecule is C[C@H]1C[C@H](NC(=O)c2cc(C3CC3)on2)CCN1S(=O)(=O)N(C)C.[HH]. The van der Waals surface area contributed by atoms with Gasteiger partial charge in [-0.1, -0.05) is 5.16 Å². The van der Waals surface area contributed by atoms with Gasteiger partial charge in [-0.25, -0.2) is 0 Å². The number of carbonyl (C=O) groups is 1. The summed E-state index contributed by atoms with van der Waals surface area (Å²) >= 11 is 0. The van der Waals surface area contributed by atoms with E-state index in [4.69, 9.17) is 4.52 Å². The van der Waals surface area contributed by atoms with Crippen molar-refractivity contribution in [2.45, 2.75) is 50.6 Å². The van der Waals surface area contributed by atoms with E-state index >= 15 is 0 Å². The summed E-state index contributed by atoms with van der Waals surface area (Å²) in [5.74, 6) is 0.936. The summed E-state index contributed by atoms with van der Waals surface area (Å²) in [4.78, 5) is 12.3. The van der Waals surface area contributed by atoms with Crippen LogP contribution in [0.5, 0.6) is 0 Å².